The monoisotopic (exact) mass is 509 g/mol. The van der Waals surface area contributed by atoms with Crippen LogP contribution >= 0.6 is 0 Å². The zero-order valence-corrected chi connectivity index (χ0v) is 22.1. The molecule has 0 aliphatic carbocycles. The van der Waals surface area contributed by atoms with E-state index in [1.165, 1.54) is 7.11 Å². The average molecular weight is 510 g/mol. The summed E-state index contributed by atoms with van der Waals surface area (Å²) in [7, 11) is 1.27. The van der Waals surface area contributed by atoms with Gasteiger partial charge < -0.3 is 29.3 Å². The standard InChI is InChI=1S/C28H35N3O6/c1-18(17-31-12-14-35-15-13-31)36-23-11-10-21(19-8-6-7-9-20(19)23)29-27(33)30-22-16-24(28(2,3)4)37-25(22)26(32)34-5/h6-11,16,18H,12-15,17H2,1-5H3,(H2,29,30,33). The predicted octanol–water partition coefficient (Wildman–Crippen LogP) is 5.26. The van der Waals surface area contributed by atoms with Gasteiger partial charge in [-0.05, 0) is 19.1 Å². The number of nitrogens with one attached hydrogen (secondary N) is 2. The van der Waals surface area contributed by atoms with Crippen molar-refractivity contribution in [2.75, 3.05) is 50.6 Å². The van der Waals surface area contributed by atoms with Crippen molar-refractivity contribution < 1.29 is 28.2 Å². The number of carbonyl (C=O) groups is 2. The molecule has 2 amide bonds. The Hall–Kier alpha value is -3.56. The minimum absolute atomic E-state index is 0.0153. The van der Waals surface area contributed by atoms with E-state index in [0.717, 1.165) is 49.4 Å². The summed E-state index contributed by atoms with van der Waals surface area (Å²) in [6.45, 7) is 12.0. The van der Waals surface area contributed by atoms with Crippen LogP contribution in [0.4, 0.5) is 16.2 Å². The lowest BCUT2D eigenvalue weighted by Gasteiger charge is -2.29. The molecule has 1 fully saturated rings. The Kier molecular flexibility index (Phi) is 8.04. The number of ether oxygens (including phenoxy) is 3. The smallest absolute Gasteiger partial charge is 0.376 e. The number of benzene rings is 2. The van der Waals surface area contributed by atoms with E-state index >= 15 is 0 Å². The zero-order valence-electron chi connectivity index (χ0n) is 22.1. The third-order valence-corrected chi connectivity index (χ3v) is 6.17. The highest BCUT2D eigenvalue weighted by Crippen LogP contribution is 2.34. The first-order chi connectivity index (χ1) is 17.7. The van der Waals surface area contributed by atoms with Crippen LogP contribution < -0.4 is 15.4 Å². The maximum absolute atomic E-state index is 13.0. The molecule has 9 nitrogen and oxygen atoms in total. The van der Waals surface area contributed by atoms with E-state index in [4.69, 9.17) is 18.6 Å². The molecule has 9 heteroatoms. The molecular formula is C28H35N3O6. The molecular weight excluding hydrogens is 474 g/mol. The minimum Gasteiger partial charge on any atom is -0.489 e. The Labute approximate surface area is 217 Å². The van der Waals surface area contributed by atoms with E-state index in [9.17, 15) is 9.59 Å². The molecule has 1 unspecified atom stereocenters. The highest BCUT2D eigenvalue weighted by atomic mass is 16.5. The van der Waals surface area contributed by atoms with Crippen LogP contribution in [0.1, 0.15) is 44.0 Å². The van der Waals surface area contributed by atoms with Crippen LogP contribution in [-0.2, 0) is 14.9 Å². The maximum Gasteiger partial charge on any atom is 0.376 e. The van der Waals surface area contributed by atoms with Gasteiger partial charge in [0, 0.05) is 41.9 Å². The van der Waals surface area contributed by atoms with Gasteiger partial charge in [-0.2, -0.15) is 0 Å². The fourth-order valence-electron chi connectivity index (χ4n) is 4.26. The highest BCUT2D eigenvalue weighted by Gasteiger charge is 2.27. The van der Waals surface area contributed by atoms with Crippen molar-refractivity contribution in [1.29, 1.82) is 0 Å². The number of fused-ring (bicyclic) bond motifs is 1. The number of nitrogens with zero attached hydrogens (tertiary/aromatic N) is 1. The van der Waals surface area contributed by atoms with Crippen molar-refractivity contribution in [2.45, 2.75) is 39.2 Å². The molecule has 4 rings (SSSR count). The Morgan fingerprint density at radius 1 is 1.03 bits per heavy atom. The molecule has 1 saturated heterocycles. The normalized spacial score (nSPS) is 15.3. The van der Waals surface area contributed by atoms with Crippen LogP contribution in [0.5, 0.6) is 5.75 Å². The molecule has 0 spiro atoms. The quantitative estimate of drug-likeness (QED) is 0.419. The number of urea groups is 1. The van der Waals surface area contributed by atoms with Gasteiger partial charge in [-0.1, -0.05) is 45.0 Å². The van der Waals surface area contributed by atoms with Crippen LogP contribution in [0.15, 0.2) is 46.9 Å². The third-order valence-electron chi connectivity index (χ3n) is 6.17. The Morgan fingerprint density at radius 2 is 1.70 bits per heavy atom. The summed E-state index contributed by atoms with van der Waals surface area (Å²) >= 11 is 0. The molecule has 198 valence electrons. The van der Waals surface area contributed by atoms with Gasteiger partial charge in [0.1, 0.15) is 17.6 Å². The number of amides is 2. The SMILES string of the molecule is COC(=O)c1oc(C(C)(C)C)cc1NC(=O)Nc1ccc(OC(C)CN2CCOCC2)c2ccccc12. The Balaban J connectivity index is 1.51. The molecule has 37 heavy (non-hydrogen) atoms. The third kappa shape index (κ3) is 6.42. The molecule has 2 N–H and O–H groups in total. The summed E-state index contributed by atoms with van der Waals surface area (Å²) in [5.41, 5.74) is 0.500. The number of hydrogen-bond donors (Lipinski definition) is 2. The fourth-order valence-corrected chi connectivity index (χ4v) is 4.26. The number of morpholine rings is 1. The van der Waals surface area contributed by atoms with Crippen molar-refractivity contribution >= 4 is 34.1 Å². The lowest BCUT2D eigenvalue weighted by atomic mass is 9.93. The van der Waals surface area contributed by atoms with Crippen LogP contribution in [0.25, 0.3) is 10.8 Å². The van der Waals surface area contributed by atoms with E-state index in [2.05, 4.69) is 22.5 Å². The number of anilines is 2. The first-order valence-electron chi connectivity index (χ1n) is 12.4. The van der Waals surface area contributed by atoms with Crippen molar-refractivity contribution in [2.24, 2.45) is 0 Å². The molecule has 2 heterocycles. The van der Waals surface area contributed by atoms with Crippen LogP contribution in [0.2, 0.25) is 0 Å². The molecule has 0 saturated carbocycles. The molecule has 3 aromatic rings. The number of furan rings is 1. The summed E-state index contributed by atoms with van der Waals surface area (Å²) in [5.74, 6) is 0.593. The van der Waals surface area contributed by atoms with Gasteiger partial charge in [0.15, 0.2) is 0 Å². The van der Waals surface area contributed by atoms with Crippen LogP contribution in [-0.4, -0.2) is 63.0 Å². The number of hydrogen-bond acceptors (Lipinski definition) is 7. The number of esters is 1. The number of carbonyl (C=O) groups excluding carboxylic acids is 2. The average Bonchev–Trinajstić information content (AvgIpc) is 3.30. The minimum atomic E-state index is -0.663. The van der Waals surface area contributed by atoms with Gasteiger partial charge in [-0.15, -0.1) is 0 Å². The maximum atomic E-state index is 13.0. The second kappa shape index (κ2) is 11.2. The van der Waals surface area contributed by atoms with Crippen molar-refractivity contribution in [3.63, 3.8) is 0 Å². The highest BCUT2D eigenvalue weighted by molar-refractivity contribution is 6.09. The second-order valence-electron chi connectivity index (χ2n) is 10.2. The van der Waals surface area contributed by atoms with E-state index in [1.54, 1.807) is 6.07 Å². The molecule has 2 aromatic carbocycles. The lowest BCUT2D eigenvalue weighted by Crippen LogP contribution is -2.41. The largest absolute Gasteiger partial charge is 0.489 e. The van der Waals surface area contributed by atoms with Crippen LogP contribution in [0, 0.1) is 0 Å². The number of rotatable bonds is 7. The molecule has 0 radical (unpaired) electrons. The van der Waals surface area contributed by atoms with E-state index in [0.29, 0.717) is 11.4 Å². The van der Waals surface area contributed by atoms with E-state index in [-0.39, 0.29) is 23.0 Å². The lowest BCUT2D eigenvalue weighted by molar-refractivity contribution is 0.0220. The predicted molar refractivity (Wildman–Crippen MR) is 143 cm³/mol. The number of methoxy groups -OCH3 is 1. The fraction of sp³-hybridized carbons (Fsp3) is 0.429. The van der Waals surface area contributed by atoms with E-state index in [1.807, 2.05) is 57.2 Å². The topological polar surface area (TPSA) is 102 Å². The first-order valence-corrected chi connectivity index (χ1v) is 12.4. The summed E-state index contributed by atoms with van der Waals surface area (Å²) in [6.07, 6.45) is -0.0153. The van der Waals surface area contributed by atoms with Gasteiger partial charge in [0.25, 0.3) is 0 Å². The summed E-state index contributed by atoms with van der Waals surface area (Å²) in [6, 6.07) is 12.6. The van der Waals surface area contributed by atoms with Gasteiger partial charge >= 0.3 is 12.0 Å². The van der Waals surface area contributed by atoms with Gasteiger partial charge in [-0.25, -0.2) is 9.59 Å². The molecule has 1 atom stereocenters. The summed E-state index contributed by atoms with van der Waals surface area (Å²) < 4.78 is 22.3. The van der Waals surface area contributed by atoms with Crippen molar-refractivity contribution in [3.05, 3.63) is 54.0 Å². The molecule has 1 aliphatic rings. The second-order valence-corrected chi connectivity index (χ2v) is 10.2. The molecule has 1 aromatic heterocycles. The van der Waals surface area contributed by atoms with Gasteiger partial charge in [-0.3, -0.25) is 4.90 Å². The van der Waals surface area contributed by atoms with Gasteiger partial charge in [0.2, 0.25) is 5.76 Å². The Morgan fingerprint density at radius 3 is 2.38 bits per heavy atom. The summed E-state index contributed by atoms with van der Waals surface area (Å²) in [5, 5.41) is 7.35. The zero-order chi connectivity index (χ0) is 26.6. The van der Waals surface area contributed by atoms with Crippen molar-refractivity contribution in [3.8, 4) is 5.75 Å². The van der Waals surface area contributed by atoms with Crippen molar-refractivity contribution in [1.82, 2.24) is 4.90 Å². The summed E-state index contributed by atoms with van der Waals surface area (Å²) in [4.78, 5) is 27.5. The Bertz CT molecular complexity index is 1260. The van der Waals surface area contributed by atoms with E-state index < -0.39 is 12.0 Å². The van der Waals surface area contributed by atoms with Crippen LogP contribution in [0.3, 0.4) is 0 Å². The van der Waals surface area contributed by atoms with Gasteiger partial charge in [0.05, 0.1) is 31.7 Å². The molecule has 0 bridgehead atoms. The first kappa shape index (κ1) is 26.5. The molecule has 1 aliphatic heterocycles.